The van der Waals surface area contributed by atoms with E-state index in [0.29, 0.717) is 43.2 Å². The number of methoxy groups -OCH3 is 1. The predicted octanol–water partition coefficient (Wildman–Crippen LogP) is 2.79. The lowest BCUT2D eigenvalue weighted by Gasteiger charge is -2.21. The Morgan fingerprint density at radius 2 is 1.83 bits per heavy atom. The van der Waals surface area contributed by atoms with Crippen molar-refractivity contribution in [3.63, 3.8) is 0 Å². The molecule has 0 spiro atoms. The van der Waals surface area contributed by atoms with Gasteiger partial charge in [-0.25, -0.2) is 18.3 Å². The minimum absolute atomic E-state index is 0.0888. The highest BCUT2D eigenvalue weighted by Gasteiger charge is 2.35. The van der Waals surface area contributed by atoms with E-state index in [0.717, 1.165) is 6.07 Å². The van der Waals surface area contributed by atoms with Crippen molar-refractivity contribution in [2.75, 3.05) is 38.7 Å². The van der Waals surface area contributed by atoms with Gasteiger partial charge in [0.2, 0.25) is 0 Å². The number of hydrogen-bond acceptors (Lipinski definition) is 5. The number of ether oxygens (including phenoxy) is 1. The molecule has 1 aromatic heterocycles. The van der Waals surface area contributed by atoms with Crippen LogP contribution < -0.4 is 16.4 Å². The lowest BCUT2D eigenvalue weighted by atomic mass is 9.94. The summed E-state index contributed by atoms with van der Waals surface area (Å²) in [7, 11) is 1.59. The average Bonchev–Trinajstić information content (AvgIpc) is 3.37. The first kappa shape index (κ1) is 25.3. The number of para-hydroxylation sites is 1. The Hall–Kier alpha value is -3.83. The fraction of sp³-hybridized carbons (Fsp3) is 0.320. The van der Waals surface area contributed by atoms with Crippen LogP contribution in [0.15, 0.2) is 48.5 Å². The molecule has 36 heavy (non-hydrogen) atoms. The molecule has 0 aliphatic carbocycles. The average molecular weight is 499 g/mol. The summed E-state index contributed by atoms with van der Waals surface area (Å²) < 4.78 is 34.5. The van der Waals surface area contributed by atoms with Gasteiger partial charge in [0.05, 0.1) is 24.0 Å². The normalized spacial score (nSPS) is 17.8. The molecule has 2 aromatic carbocycles. The molecule has 1 saturated heterocycles. The minimum atomic E-state index is -0.732. The Bertz CT molecular complexity index is 1230. The molecule has 3 aromatic rings. The number of hydrogen-bond donors (Lipinski definition) is 3. The number of likely N-dealkylation sites (tertiary alicyclic amines) is 1. The molecule has 2 heterocycles. The number of nitrogens with one attached hydrogen (secondary N) is 2. The van der Waals surface area contributed by atoms with Crippen LogP contribution in [0.5, 0.6) is 0 Å². The van der Waals surface area contributed by atoms with Crippen LogP contribution in [0.25, 0.3) is 5.69 Å². The number of aryl methyl sites for hydroxylation is 1. The van der Waals surface area contributed by atoms with Gasteiger partial charge in [-0.3, -0.25) is 15.0 Å². The number of aromatic nitrogens is 2. The van der Waals surface area contributed by atoms with Crippen molar-refractivity contribution in [1.82, 2.24) is 20.0 Å². The van der Waals surface area contributed by atoms with Crippen molar-refractivity contribution < 1.29 is 23.1 Å². The summed E-state index contributed by atoms with van der Waals surface area (Å²) in [5.74, 6) is -2.33. The second kappa shape index (κ2) is 10.8. The fourth-order valence-electron chi connectivity index (χ4n) is 4.57. The standard InChI is InChI=1S/C25H28F2N6O3/c1-15-22(23(28)34)24(33(31-15)19-6-4-3-5-7-19)30-25(35)29-21-14-32(8-9-36-2)13-20(21)16-10-17(26)12-18(27)11-16/h3-7,10-12,20-21H,8-9,13-14H2,1-2H3,(H2,28,34)(H2,29,30,35)/t20-,21+/m0/s1. The van der Waals surface area contributed by atoms with Crippen LogP contribution >= 0.6 is 0 Å². The van der Waals surface area contributed by atoms with Crippen molar-refractivity contribution in [3.8, 4) is 5.69 Å². The number of nitrogens with zero attached hydrogens (tertiary/aromatic N) is 3. The highest BCUT2D eigenvalue weighted by atomic mass is 19.1. The van der Waals surface area contributed by atoms with Crippen LogP contribution in [0, 0.1) is 18.6 Å². The topological polar surface area (TPSA) is 115 Å². The number of carbonyl (C=O) groups is 2. The molecule has 0 saturated carbocycles. The fourth-order valence-corrected chi connectivity index (χ4v) is 4.57. The molecular weight excluding hydrogens is 470 g/mol. The van der Waals surface area contributed by atoms with Gasteiger partial charge in [0.1, 0.15) is 17.2 Å². The van der Waals surface area contributed by atoms with Gasteiger partial charge in [0.15, 0.2) is 5.82 Å². The van der Waals surface area contributed by atoms with Crippen molar-refractivity contribution in [2.24, 2.45) is 5.73 Å². The first-order valence-electron chi connectivity index (χ1n) is 11.5. The summed E-state index contributed by atoms with van der Waals surface area (Å²) in [6, 6.07) is 11.3. The van der Waals surface area contributed by atoms with Crippen LogP contribution in [0.2, 0.25) is 0 Å². The van der Waals surface area contributed by atoms with Crippen molar-refractivity contribution in [1.29, 1.82) is 0 Å². The van der Waals surface area contributed by atoms with Crippen LogP contribution in [0.3, 0.4) is 0 Å². The molecule has 2 atom stereocenters. The number of urea groups is 1. The smallest absolute Gasteiger partial charge is 0.320 e. The molecule has 1 fully saturated rings. The van der Waals surface area contributed by atoms with Gasteiger partial charge in [-0.2, -0.15) is 5.10 Å². The molecule has 190 valence electrons. The second-order valence-corrected chi connectivity index (χ2v) is 8.69. The Balaban J connectivity index is 1.60. The number of benzene rings is 2. The third-order valence-electron chi connectivity index (χ3n) is 6.18. The largest absolute Gasteiger partial charge is 0.383 e. The maximum absolute atomic E-state index is 14.0. The minimum Gasteiger partial charge on any atom is -0.383 e. The van der Waals surface area contributed by atoms with E-state index in [1.165, 1.54) is 16.8 Å². The van der Waals surface area contributed by atoms with Gasteiger partial charge in [0.25, 0.3) is 5.91 Å². The number of rotatable bonds is 8. The number of amides is 3. The van der Waals surface area contributed by atoms with E-state index >= 15 is 0 Å². The first-order valence-corrected chi connectivity index (χ1v) is 11.5. The van der Waals surface area contributed by atoms with Gasteiger partial charge < -0.3 is 15.8 Å². The van der Waals surface area contributed by atoms with E-state index in [9.17, 15) is 18.4 Å². The highest BCUT2D eigenvalue weighted by Crippen LogP contribution is 2.29. The lowest BCUT2D eigenvalue weighted by molar-refractivity contribution is 0.100. The van der Waals surface area contributed by atoms with E-state index in [1.54, 1.807) is 38.3 Å². The zero-order chi connectivity index (χ0) is 25.8. The second-order valence-electron chi connectivity index (χ2n) is 8.69. The molecule has 1 aliphatic heterocycles. The highest BCUT2D eigenvalue weighted by molar-refractivity contribution is 6.03. The van der Waals surface area contributed by atoms with Gasteiger partial charge >= 0.3 is 6.03 Å². The zero-order valence-electron chi connectivity index (χ0n) is 20.0. The number of halogens is 2. The zero-order valence-corrected chi connectivity index (χ0v) is 20.0. The molecule has 11 heteroatoms. The van der Waals surface area contributed by atoms with Crippen molar-refractivity contribution in [3.05, 3.63) is 77.0 Å². The molecule has 4 N–H and O–H groups in total. The van der Waals surface area contributed by atoms with E-state index < -0.39 is 29.6 Å². The van der Waals surface area contributed by atoms with E-state index in [4.69, 9.17) is 10.5 Å². The predicted molar refractivity (Wildman–Crippen MR) is 130 cm³/mol. The van der Waals surface area contributed by atoms with Crippen LogP contribution in [0.4, 0.5) is 19.4 Å². The first-order chi connectivity index (χ1) is 17.3. The number of carbonyl (C=O) groups excluding carboxylic acids is 2. The molecule has 9 nitrogen and oxygen atoms in total. The van der Waals surface area contributed by atoms with E-state index in [-0.39, 0.29) is 17.3 Å². The van der Waals surface area contributed by atoms with E-state index in [1.807, 2.05) is 6.07 Å². The molecule has 1 aliphatic rings. The number of anilines is 1. The van der Waals surface area contributed by atoms with Gasteiger partial charge in [-0.15, -0.1) is 0 Å². The Morgan fingerprint density at radius 1 is 1.14 bits per heavy atom. The SMILES string of the molecule is COCCN1C[C@@H](NC(=O)Nc2c(C(N)=O)c(C)nn2-c2ccccc2)[C@H](c2cc(F)cc(F)c2)C1. The monoisotopic (exact) mass is 498 g/mol. The van der Waals surface area contributed by atoms with Gasteiger partial charge in [-0.05, 0) is 36.8 Å². The molecule has 0 unspecified atom stereocenters. The summed E-state index contributed by atoms with van der Waals surface area (Å²) in [5, 5.41) is 10.0. The van der Waals surface area contributed by atoms with Crippen LogP contribution in [0.1, 0.15) is 27.5 Å². The Labute approximate surface area is 207 Å². The lowest BCUT2D eigenvalue weighted by Crippen LogP contribution is -2.43. The maximum Gasteiger partial charge on any atom is 0.320 e. The molecule has 0 radical (unpaired) electrons. The molecular formula is C25H28F2N6O3. The number of nitrogens with two attached hydrogens (primary N) is 1. The molecule has 4 rings (SSSR count). The summed E-state index contributed by atoms with van der Waals surface area (Å²) in [6.07, 6.45) is 0. The third-order valence-corrected chi connectivity index (χ3v) is 6.18. The quantitative estimate of drug-likeness (QED) is 0.442. The number of primary amides is 1. The Kier molecular flexibility index (Phi) is 7.61. The molecule has 0 bridgehead atoms. The summed E-state index contributed by atoms with van der Waals surface area (Å²) in [6.45, 7) is 3.61. The van der Waals surface area contributed by atoms with Crippen LogP contribution in [-0.2, 0) is 4.74 Å². The maximum atomic E-state index is 14.0. The van der Waals surface area contributed by atoms with Gasteiger partial charge in [0, 0.05) is 38.7 Å². The Morgan fingerprint density at radius 3 is 2.47 bits per heavy atom. The van der Waals surface area contributed by atoms with Gasteiger partial charge in [-0.1, -0.05) is 18.2 Å². The molecule has 3 amide bonds. The summed E-state index contributed by atoms with van der Waals surface area (Å²) >= 11 is 0. The van der Waals surface area contributed by atoms with Crippen LogP contribution in [-0.4, -0.2) is 66.0 Å². The van der Waals surface area contributed by atoms with Crippen molar-refractivity contribution in [2.45, 2.75) is 18.9 Å². The third kappa shape index (κ3) is 5.52. The van der Waals surface area contributed by atoms with Crippen molar-refractivity contribution >= 4 is 17.8 Å². The van der Waals surface area contributed by atoms with E-state index in [2.05, 4.69) is 20.6 Å². The summed E-state index contributed by atoms with van der Waals surface area (Å²) in [5.41, 5.74) is 7.11. The summed E-state index contributed by atoms with van der Waals surface area (Å²) in [4.78, 5) is 27.4.